The lowest BCUT2D eigenvalue weighted by Crippen LogP contribution is -2.37. The summed E-state index contributed by atoms with van der Waals surface area (Å²) in [4.78, 5) is 28.5. The second-order valence-corrected chi connectivity index (χ2v) is 7.19. The first-order valence-corrected chi connectivity index (χ1v) is 9.58. The number of amides is 2. The Hall–Kier alpha value is -2.83. The Morgan fingerprint density at radius 3 is 2.96 bits per heavy atom. The molecule has 2 aromatic rings. The molecule has 27 heavy (non-hydrogen) atoms. The highest BCUT2D eigenvalue weighted by molar-refractivity contribution is 5.98. The Bertz CT molecular complexity index is 860. The lowest BCUT2D eigenvalue weighted by Gasteiger charge is -2.31. The van der Waals surface area contributed by atoms with Crippen molar-refractivity contribution in [3.05, 3.63) is 47.3 Å². The van der Waals surface area contributed by atoms with Gasteiger partial charge in [-0.3, -0.25) is 14.3 Å². The van der Waals surface area contributed by atoms with Gasteiger partial charge >= 0.3 is 0 Å². The first kappa shape index (κ1) is 17.6. The van der Waals surface area contributed by atoms with E-state index in [-0.39, 0.29) is 11.8 Å². The summed E-state index contributed by atoms with van der Waals surface area (Å²) in [6.07, 6.45) is 3.18. The summed E-state index contributed by atoms with van der Waals surface area (Å²) in [5, 5.41) is 7.21. The predicted octanol–water partition coefficient (Wildman–Crippen LogP) is 1.54. The van der Waals surface area contributed by atoms with Crippen molar-refractivity contribution in [3.63, 3.8) is 0 Å². The maximum Gasteiger partial charge on any atom is 0.271 e. The number of nitrogens with one attached hydrogen (secondary N) is 1. The molecule has 0 saturated carbocycles. The first-order valence-electron chi connectivity index (χ1n) is 9.58. The van der Waals surface area contributed by atoms with Gasteiger partial charge in [-0.05, 0) is 30.9 Å². The average Bonchev–Trinajstić information content (AvgIpc) is 3.13. The molecule has 0 aliphatic carbocycles. The maximum atomic E-state index is 12.4. The molecule has 0 radical (unpaired) electrons. The van der Waals surface area contributed by atoms with Crippen molar-refractivity contribution in [1.82, 2.24) is 20.0 Å². The zero-order valence-electron chi connectivity index (χ0n) is 15.6. The molecule has 1 aromatic heterocycles. The van der Waals surface area contributed by atoms with Crippen LogP contribution < -0.4 is 10.2 Å². The number of para-hydroxylation sites is 1. The van der Waals surface area contributed by atoms with Gasteiger partial charge < -0.3 is 15.1 Å². The number of carbonyl (C=O) groups excluding carboxylic acids is 2. The zero-order chi connectivity index (χ0) is 18.8. The number of hydrogen-bond donors (Lipinski definition) is 1. The van der Waals surface area contributed by atoms with Crippen LogP contribution in [0.2, 0.25) is 0 Å². The molecule has 1 N–H and O–H groups in total. The molecule has 7 nitrogen and oxygen atoms in total. The first-order chi connectivity index (χ1) is 13.1. The third-order valence-corrected chi connectivity index (χ3v) is 5.32. The van der Waals surface area contributed by atoms with Crippen molar-refractivity contribution >= 4 is 17.5 Å². The molecule has 1 aromatic carbocycles. The Morgan fingerprint density at radius 1 is 1.22 bits per heavy atom. The molecule has 2 amide bonds. The van der Waals surface area contributed by atoms with Crippen molar-refractivity contribution in [3.8, 4) is 0 Å². The van der Waals surface area contributed by atoms with E-state index >= 15 is 0 Å². The number of likely N-dealkylation sites (N-methyl/N-ethyl adjacent to an activating group) is 1. The van der Waals surface area contributed by atoms with E-state index in [2.05, 4.69) is 39.6 Å². The third kappa shape index (κ3) is 3.54. The summed E-state index contributed by atoms with van der Waals surface area (Å²) in [6.45, 7) is 3.81. The summed E-state index contributed by atoms with van der Waals surface area (Å²) >= 11 is 0. The number of hydrogen-bond acceptors (Lipinski definition) is 4. The lowest BCUT2D eigenvalue weighted by molar-refractivity contribution is 0.0742. The van der Waals surface area contributed by atoms with Crippen molar-refractivity contribution in [2.24, 2.45) is 0 Å². The number of carbonyl (C=O) groups is 2. The molecule has 0 unspecified atom stereocenters. The average molecular weight is 367 g/mol. The smallest absolute Gasteiger partial charge is 0.271 e. The van der Waals surface area contributed by atoms with Gasteiger partial charge in [0.25, 0.3) is 11.8 Å². The van der Waals surface area contributed by atoms with Gasteiger partial charge in [-0.25, -0.2) is 0 Å². The Kier molecular flexibility index (Phi) is 4.83. The van der Waals surface area contributed by atoms with Crippen LogP contribution in [0.1, 0.15) is 39.4 Å². The van der Waals surface area contributed by atoms with Crippen LogP contribution in [0.15, 0.2) is 30.3 Å². The second kappa shape index (κ2) is 7.42. The standard InChI is InChI=1S/C20H25N5O2/c1-23-12-13-25-18(20(23)27)14-16(22-25)19(26)21-9-5-11-24-10-4-7-15-6-2-3-8-17(15)24/h2-3,6,8,14H,4-5,7,9-13H2,1H3,(H,21,26). The fourth-order valence-electron chi connectivity index (χ4n) is 3.82. The number of fused-ring (bicyclic) bond motifs is 2. The Labute approximate surface area is 158 Å². The zero-order valence-corrected chi connectivity index (χ0v) is 15.6. The molecular weight excluding hydrogens is 342 g/mol. The van der Waals surface area contributed by atoms with Crippen LogP contribution in [0.4, 0.5) is 5.69 Å². The maximum absolute atomic E-state index is 12.4. The quantitative estimate of drug-likeness (QED) is 0.814. The third-order valence-electron chi connectivity index (χ3n) is 5.32. The number of benzene rings is 1. The number of aryl methyl sites for hydroxylation is 1. The fraction of sp³-hybridized carbons (Fsp3) is 0.450. The highest BCUT2D eigenvalue weighted by Gasteiger charge is 2.25. The van der Waals surface area contributed by atoms with Gasteiger partial charge in [-0.2, -0.15) is 5.10 Å². The van der Waals surface area contributed by atoms with Crippen LogP contribution in [0.25, 0.3) is 0 Å². The van der Waals surface area contributed by atoms with Crippen molar-refractivity contribution in [2.75, 3.05) is 38.1 Å². The SMILES string of the molecule is CN1CCn2nc(C(=O)NCCCN3CCCc4ccccc43)cc2C1=O. The van der Waals surface area contributed by atoms with E-state index in [1.165, 1.54) is 17.7 Å². The van der Waals surface area contributed by atoms with E-state index in [1.54, 1.807) is 22.7 Å². The minimum absolute atomic E-state index is 0.0865. The topological polar surface area (TPSA) is 70.5 Å². The highest BCUT2D eigenvalue weighted by Crippen LogP contribution is 2.26. The van der Waals surface area contributed by atoms with E-state index in [0.717, 1.165) is 25.9 Å². The van der Waals surface area contributed by atoms with Crippen LogP contribution in [0.3, 0.4) is 0 Å². The van der Waals surface area contributed by atoms with Gasteiger partial charge in [-0.15, -0.1) is 0 Å². The van der Waals surface area contributed by atoms with E-state index < -0.39 is 0 Å². The molecule has 0 fully saturated rings. The van der Waals surface area contributed by atoms with E-state index in [0.29, 0.717) is 31.0 Å². The van der Waals surface area contributed by atoms with Gasteiger partial charge in [-0.1, -0.05) is 18.2 Å². The van der Waals surface area contributed by atoms with Gasteiger partial charge in [0.2, 0.25) is 0 Å². The van der Waals surface area contributed by atoms with Crippen LogP contribution in [-0.2, 0) is 13.0 Å². The fourth-order valence-corrected chi connectivity index (χ4v) is 3.82. The minimum Gasteiger partial charge on any atom is -0.371 e. The van der Waals surface area contributed by atoms with Crippen molar-refractivity contribution in [2.45, 2.75) is 25.8 Å². The normalized spacial score (nSPS) is 16.1. The number of aromatic nitrogens is 2. The molecule has 0 spiro atoms. The van der Waals surface area contributed by atoms with Crippen LogP contribution >= 0.6 is 0 Å². The molecule has 0 atom stereocenters. The summed E-state index contributed by atoms with van der Waals surface area (Å²) in [5.41, 5.74) is 3.53. The molecule has 0 bridgehead atoms. The van der Waals surface area contributed by atoms with Crippen LogP contribution in [-0.4, -0.2) is 59.7 Å². The molecule has 142 valence electrons. The lowest BCUT2D eigenvalue weighted by atomic mass is 10.0. The summed E-state index contributed by atoms with van der Waals surface area (Å²) < 4.78 is 1.63. The van der Waals surface area contributed by atoms with E-state index in [1.807, 2.05) is 0 Å². The van der Waals surface area contributed by atoms with Gasteiger partial charge in [0.15, 0.2) is 5.69 Å². The summed E-state index contributed by atoms with van der Waals surface area (Å²) in [6, 6.07) is 10.1. The Balaban J connectivity index is 1.30. The van der Waals surface area contributed by atoms with E-state index in [4.69, 9.17) is 0 Å². The van der Waals surface area contributed by atoms with Gasteiger partial charge in [0.1, 0.15) is 5.69 Å². The molecule has 0 saturated heterocycles. The highest BCUT2D eigenvalue weighted by atomic mass is 16.2. The van der Waals surface area contributed by atoms with Crippen molar-refractivity contribution in [1.29, 1.82) is 0 Å². The second-order valence-electron chi connectivity index (χ2n) is 7.19. The molecular formula is C20H25N5O2. The summed E-state index contributed by atoms with van der Waals surface area (Å²) in [7, 11) is 1.76. The monoisotopic (exact) mass is 367 g/mol. The number of nitrogens with zero attached hydrogens (tertiary/aromatic N) is 4. The number of rotatable bonds is 5. The largest absolute Gasteiger partial charge is 0.371 e. The predicted molar refractivity (Wildman–Crippen MR) is 103 cm³/mol. The molecule has 4 rings (SSSR count). The van der Waals surface area contributed by atoms with E-state index in [9.17, 15) is 9.59 Å². The molecule has 2 aliphatic rings. The molecule has 7 heteroatoms. The molecule has 3 heterocycles. The van der Waals surface area contributed by atoms with Crippen LogP contribution in [0.5, 0.6) is 0 Å². The summed E-state index contributed by atoms with van der Waals surface area (Å²) in [5.74, 6) is -0.303. The van der Waals surface area contributed by atoms with Gasteiger partial charge in [0, 0.05) is 45.0 Å². The Morgan fingerprint density at radius 2 is 2.07 bits per heavy atom. The van der Waals surface area contributed by atoms with Gasteiger partial charge in [0.05, 0.1) is 6.54 Å². The minimum atomic E-state index is -0.216. The molecule has 2 aliphatic heterocycles. The van der Waals surface area contributed by atoms with Crippen molar-refractivity contribution < 1.29 is 9.59 Å². The number of anilines is 1. The van der Waals surface area contributed by atoms with Crippen LogP contribution in [0, 0.1) is 0 Å².